The summed E-state index contributed by atoms with van der Waals surface area (Å²) in [6, 6.07) is 0. The van der Waals surface area contributed by atoms with Crippen LogP contribution in [0.1, 0.15) is 323 Å². The summed E-state index contributed by atoms with van der Waals surface area (Å²) in [5.41, 5.74) is -41.6. The van der Waals surface area contributed by atoms with Crippen LogP contribution in [0.25, 0.3) is 0 Å². The van der Waals surface area contributed by atoms with Crippen molar-refractivity contribution in [2.75, 3.05) is 19.8 Å². The van der Waals surface area contributed by atoms with E-state index < -0.39 is 225 Å². The van der Waals surface area contributed by atoms with E-state index in [2.05, 4.69) is 0 Å². The van der Waals surface area contributed by atoms with Crippen LogP contribution < -0.4 is 0 Å². The summed E-state index contributed by atoms with van der Waals surface area (Å²) in [7, 11) is 0. The van der Waals surface area contributed by atoms with E-state index in [0.717, 1.165) is 55.4 Å². The molecule has 766 valence electrons. The Morgan fingerprint density at radius 3 is 0.496 bits per heavy atom. The van der Waals surface area contributed by atoms with Gasteiger partial charge in [-0.25, -0.2) is 0 Å². The van der Waals surface area contributed by atoms with Crippen molar-refractivity contribution in [1.29, 1.82) is 0 Å². The van der Waals surface area contributed by atoms with E-state index in [9.17, 15) is 79.0 Å². The number of hydrogen-bond donors (Lipinski definition) is 0. The van der Waals surface area contributed by atoms with Gasteiger partial charge in [0, 0.05) is 32.5 Å². The summed E-state index contributed by atoms with van der Waals surface area (Å²) in [6.45, 7) is 27.8. The predicted octanol–water partition coefficient (Wildman–Crippen LogP) is 31.2. The van der Waals surface area contributed by atoms with Crippen LogP contribution >= 0.6 is 0 Å². The van der Waals surface area contributed by atoms with E-state index in [-0.39, 0.29) is 94.5 Å². The van der Waals surface area contributed by atoms with Crippen molar-refractivity contribution < 1.29 is 187 Å². The number of carbonyl (C=O) groups excluding carboxylic acids is 5. The quantitative estimate of drug-likeness (QED) is 0.0256. The SMILES string of the molecule is CCCCCCCOC(=O)CC(C)(C(C)(C)[C@@](C)(CC(=O)OCCCCCCC)C(C)(C)C(C)(C)C(C)(C)C(=O)C(C)(C)C(C)(C)C(F)(F)C(F)(F)C(F)(F)C(F)(F)C(F)(F)C(F)(F)C(F)(F)C(F)(F)F)C(C)(C)[C@](C)(CC(=O)OCCCCCCC)C(C)(C)C(C)(C)C(C)(C)C(=O)C(C)(C)C(C)(C)C(F)(F)C(F)(F)C(F)(F)C(F)(F)C(F)(F)C(F)(F)C(F)(F)C(F)(F)F. The van der Waals surface area contributed by atoms with Gasteiger partial charge in [0.2, 0.25) is 0 Å². The van der Waals surface area contributed by atoms with Gasteiger partial charge in [-0.3, -0.25) is 24.0 Å². The molecule has 129 heavy (non-hydrogen) atoms. The summed E-state index contributed by atoms with van der Waals surface area (Å²) in [6.07, 6.45) is -11.3. The lowest BCUT2D eigenvalue weighted by Crippen LogP contribution is -2.76. The molecule has 0 saturated heterocycles. The maximum absolute atomic E-state index is 17.2. The highest BCUT2D eigenvalue weighted by molar-refractivity contribution is 5.92. The molecule has 0 rings (SSSR count). The highest BCUT2D eigenvalue weighted by Gasteiger charge is 2.99. The third-order valence-electron chi connectivity index (χ3n) is 33.0. The fraction of sp³-hybridized carbons (Fsp3) is 0.943. The van der Waals surface area contributed by atoms with Crippen LogP contribution in [0.3, 0.4) is 0 Å². The number of unbranched alkanes of at least 4 members (excludes halogenated alkanes) is 12. The summed E-state index contributed by atoms with van der Waals surface area (Å²) >= 11 is 0. The predicted molar refractivity (Wildman–Crippen MR) is 414 cm³/mol. The molecule has 0 aliphatic carbocycles. The molecule has 0 N–H and O–H groups in total. The van der Waals surface area contributed by atoms with Crippen LogP contribution in [0.2, 0.25) is 0 Å². The van der Waals surface area contributed by atoms with Crippen molar-refractivity contribution in [2.45, 2.75) is 419 Å². The molecule has 0 radical (unpaired) electrons. The third kappa shape index (κ3) is 18.9. The van der Waals surface area contributed by atoms with Crippen LogP contribution in [-0.2, 0) is 38.2 Å². The van der Waals surface area contributed by atoms with Gasteiger partial charge in [-0.2, -0.15) is 149 Å². The molecule has 0 aromatic heterocycles. The zero-order valence-corrected chi connectivity index (χ0v) is 79.0. The van der Waals surface area contributed by atoms with E-state index in [1.54, 1.807) is 0 Å². The van der Waals surface area contributed by atoms with Gasteiger partial charge in [0.15, 0.2) is 0 Å². The Balaban J connectivity index is 10.4. The number of halogens is 34. The molecule has 3 atom stereocenters. The molecule has 0 fully saturated rings. The molecule has 0 aromatic carbocycles. The van der Waals surface area contributed by atoms with E-state index in [1.807, 2.05) is 20.8 Å². The monoisotopic (exact) mass is 1950 g/mol. The summed E-state index contributed by atoms with van der Waals surface area (Å²) in [5.74, 6) is -127. The van der Waals surface area contributed by atoms with E-state index in [0.29, 0.717) is 77.0 Å². The Kier molecular flexibility index (Phi) is 36.7. The van der Waals surface area contributed by atoms with Gasteiger partial charge in [-0.15, -0.1) is 0 Å². The van der Waals surface area contributed by atoms with Crippen LogP contribution in [0.4, 0.5) is 149 Å². The number of carbonyl (C=O) groups is 5. The average molecular weight is 1950 g/mol. The molecular weight excluding hydrogens is 1820 g/mol. The number of rotatable bonds is 54. The molecule has 0 amide bonds. The maximum atomic E-state index is 17.2. The average Bonchev–Trinajstić information content (AvgIpc) is 0.677. The van der Waals surface area contributed by atoms with Gasteiger partial charge >= 0.3 is 113 Å². The zero-order valence-electron chi connectivity index (χ0n) is 79.0. The zero-order chi connectivity index (χ0) is 104. The number of Topliss-reactive ketones (excluding diaryl/α,β-unsaturated/α-hetero) is 2. The molecule has 0 spiro atoms. The topological polar surface area (TPSA) is 113 Å². The number of ether oxygens (including phenoxy) is 3. The first-order valence-corrected chi connectivity index (χ1v) is 42.2. The highest BCUT2D eigenvalue weighted by atomic mass is 19.4. The van der Waals surface area contributed by atoms with E-state index in [1.165, 1.54) is 76.2 Å². The molecule has 0 aliphatic rings. The second-order valence-corrected chi connectivity index (χ2v) is 41.6. The fourth-order valence-corrected chi connectivity index (χ4v) is 18.1. The Morgan fingerprint density at radius 1 is 0.178 bits per heavy atom. The molecule has 0 aliphatic heterocycles. The standard InChI is InChI=1S/C87H132F34O8/c1-31-34-37-40-43-46-127-52(122)49-69(28,65(20,21)61(12,13)57(4,5)55(125)59(8,9)63(16,17)72(88,89)74(92,93)76(96,97)78(100,101)80(104,105)82(108,109)84(112,113)86(116,117)118)67(24,25)71(30,51-54(124)129-48-45-42-39-36-33-3)68(26,27)70(29,50-53(123)128-47-44-41-38-35-32-2)66(22,23)62(14,15)58(6,7)56(126)60(10,11)64(18,19)73(90,91)75(94,95)77(98,99)79(102,103)81(106,107)83(110,111)85(114,115)87(119,120)121/h31-51H2,1-30H3/t69-,70+,71?. The molecule has 0 heterocycles. The number of esters is 3. The van der Waals surface area contributed by atoms with E-state index >= 15 is 94.2 Å². The molecular formula is C87H132F34O8. The summed E-state index contributed by atoms with van der Waals surface area (Å²) < 4.78 is 529. The van der Waals surface area contributed by atoms with Crippen molar-refractivity contribution in [3.05, 3.63) is 0 Å². The Hall–Kier alpha value is -4.63. The van der Waals surface area contributed by atoms with Gasteiger partial charge in [-0.05, 0) is 68.0 Å². The van der Waals surface area contributed by atoms with Crippen LogP contribution in [0, 0.1) is 81.2 Å². The largest absolute Gasteiger partial charge is 0.466 e. The Bertz CT molecular complexity index is 3580. The fourth-order valence-electron chi connectivity index (χ4n) is 18.1. The van der Waals surface area contributed by atoms with Crippen molar-refractivity contribution in [2.24, 2.45) is 81.2 Å². The minimum Gasteiger partial charge on any atom is -0.466 e. The highest BCUT2D eigenvalue weighted by Crippen LogP contribution is 2.80. The number of ketones is 2. The lowest BCUT2D eigenvalue weighted by atomic mass is 9.30. The summed E-state index contributed by atoms with van der Waals surface area (Å²) in [5, 5.41) is 0. The van der Waals surface area contributed by atoms with Crippen LogP contribution in [-0.4, -0.2) is 145 Å². The first-order valence-electron chi connectivity index (χ1n) is 42.2. The van der Waals surface area contributed by atoms with Gasteiger partial charge < -0.3 is 14.2 Å². The normalized spacial score (nSPS) is 17.1. The number of hydrogen-bond acceptors (Lipinski definition) is 8. The van der Waals surface area contributed by atoms with Crippen molar-refractivity contribution in [3.8, 4) is 0 Å². The first kappa shape index (κ1) is 124. The van der Waals surface area contributed by atoms with Gasteiger partial charge in [0.1, 0.15) is 11.6 Å². The van der Waals surface area contributed by atoms with Crippen molar-refractivity contribution >= 4 is 29.5 Å². The second-order valence-electron chi connectivity index (χ2n) is 41.6. The van der Waals surface area contributed by atoms with E-state index in [4.69, 9.17) is 14.2 Å². The molecule has 8 nitrogen and oxygen atoms in total. The third-order valence-corrected chi connectivity index (χ3v) is 33.0. The lowest BCUT2D eigenvalue weighted by Gasteiger charge is -2.73. The molecule has 0 bridgehead atoms. The van der Waals surface area contributed by atoms with Crippen molar-refractivity contribution in [3.63, 3.8) is 0 Å². The minimum atomic E-state index is -9.03. The Labute approximate surface area is 734 Å². The molecule has 0 aromatic rings. The van der Waals surface area contributed by atoms with Gasteiger partial charge in [0.05, 0.1) is 39.1 Å². The summed E-state index contributed by atoms with van der Waals surface area (Å²) in [4.78, 5) is 78.3. The smallest absolute Gasteiger partial charge is 0.460 e. The molecule has 1 unspecified atom stereocenters. The van der Waals surface area contributed by atoms with Gasteiger partial charge in [0.25, 0.3) is 0 Å². The molecule has 42 heteroatoms. The van der Waals surface area contributed by atoms with Crippen LogP contribution in [0.15, 0.2) is 0 Å². The molecule has 0 saturated carbocycles. The van der Waals surface area contributed by atoms with Crippen LogP contribution in [0.5, 0.6) is 0 Å². The van der Waals surface area contributed by atoms with Gasteiger partial charge in [-0.1, -0.05) is 285 Å². The lowest BCUT2D eigenvalue weighted by molar-refractivity contribution is -0.466. The number of alkyl halides is 34. The first-order chi connectivity index (χ1) is 56.2. The Morgan fingerprint density at radius 2 is 0.326 bits per heavy atom. The van der Waals surface area contributed by atoms with Crippen molar-refractivity contribution in [1.82, 2.24) is 0 Å². The minimum absolute atomic E-state index is 0.168. The maximum Gasteiger partial charge on any atom is 0.460 e. The second kappa shape index (κ2) is 38.0.